The summed E-state index contributed by atoms with van der Waals surface area (Å²) >= 11 is 0. The molecule has 1 rings (SSSR count). The Hall–Kier alpha value is -0.590. The summed E-state index contributed by atoms with van der Waals surface area (Å²) in [5, 5.41) is 0. The van der Waals surface area contributed by atoms with E-state index in [0.29, 0.717) is 11.7 Å². The maximum atomic E-state index is 11.2. The van der Waals surface area contributed by atoms with Crippen molar-refractivity contribution in [2.45, 2.75) is 39.0 Å². The van der Waals surface area contributed by atoms with E-state index >= 15 is 0 Å². The third-order valence-electron chi connectivity index (χ3n) is 2.91. The van der Waals surface area contributed by atoms with Gasteiger partial charge in [-0.3, -0.25) is 4.79 Å². The second-order valence-electron chi connectivity index (χ2n) is 3.88. The molecule has 0 aromatic rings. The molecule has 0 aromatic heterocycles. The van der Waals surface area contributed by atoms with Crippen LogP contribution in [0.5, 0.6) is 0 Å². The first-order valence-electron chi connectivity index (χ1n) is 4.86. The molecule has 2 unspecified atom stereocenters. The number of ketones is 1. The zero-order valence-corrected chi connectivity index (χ0v) is 7.88. The van der Waals surface area contributed by atoms with Crippen molar-refractivity contribution in [3.05, 3.63) is 12.7 Å². The molecule has 0 N–H and O–H groups in total. The molecule has 0 aliphatic heterocycles. The van der Waals surface area contributed by atoms with Crippen molar-refractivity contribution in [1.82, 2.24) is 0 Å². The Morgan fingerprint density at radius 2 is 2.42 bits per heavy atom. The summed E-state index contributed by atoms with van der Waals surface area (Å²) in [5.74, 6) is 1.83. The Labute approximate surface area is 74.9 Å². The Bertz CT molecular complexity index is 172. The van der Waals surface area contributed by atoms with E-state index in [0.717, 1.165) is 38.0 Å². The van der Waals surface area contributed by atoms with Crippen molar-refractivity contribution in [2.24, 2.45) is 11.8 Å². The molecule has 0 heterocycles. The van der Waals surface area contributed by atoms with Gasteiger partial charge in [0.15, 0.2) is 0 Å². The topological polar surface area (TPSA) is 17.1 Å². The maximum absolute atomic E-state index is 11.2. The highest BCUT2D eigenvalue weighted by molar-refractivity contribution is 5.79. The SMILES string of the molecule is C=CCCC1CC(=O)CCC1C. The lowest BCUT2D eigenvalue weighted by Gasteiger charge is -2.27. The molecule has 1 heteroatoms. The minimum Gasteiger partial charge on any atom is -0.300 e. The van der Waals surface area contributed by atoms with Gasteiger partial charge in [-0.1, -0.05) is 13.0 Å². The number of carbonyl (C=O) groups excluding carboxylic acids is 1. The normalized spacial score (nSPS) is 30.2. The van der Waals surface area contributed by atoms with Crippen LogP contribution in [0.1, 0.15) is 39.0 Å². The number of rotatable bonds is 3. The summed E-state index contributed by atoms with van der Waals surface area (Å²) in [6.45, 7) is 5.97. The molecule has 0 bridgehead atoms. The van der Waals surface area contributed by atoms with Crippen LogP contribution in [0.15, 0.2) is 12.7 Å². The number of hydrogen-bond acceptors (Lipinski definition) is 1. The second kappa shape index (κ2) is 4.44. The van der Waals surface area contributed by atoms with Crippen molar-refractivity contribution in [3.63, 3.8) is 0 Å². The summed E-state index contributed by atoms with van der Waals surface area (Å²) in [4.78, 5) is 11.2. The van der Waals surface area contributed by atoms with Gasteiger partial charge in [-0.2, -0.15) is 0 Å². The fraction of sp³-hybridized carbons (Fsp3) is 0.727. The molecule has 0 spiro atoms. The van der Waals surface area contributed by atoms with E-state index in [4.69, 9.17) is 0 Å². The summed E-state index contributed by atoms with van der Waals surface area (Å²) in [6.07, 6.45) is 6.88. The fourth-order valence-electron chi connectivity index (χ4n) is 1.94. The van der Waals surface area contributed by atoms with Gasteiger partial charge in [0.2, 0.25) is 0 Å². The van der Waals surface area contributed by atoms with Gasteiger partial charge in [0.25, 0.3) is 0 Å². The van der Waals surface area contributed by atoms with Gasteiger partial charge in [-0.25, -0.2) is 0 Å². The minimum atomic E-state index is 0.460. The molecule has 1 aliphatic carbocycles. The van der Waals surface area contributed by atoms with Gasteiger partial charge in [-0.15, -0.1) is 6.58 Å². The molecule has 1 fully saturated rings. The molecule has 1 nitrogen and oxygen atoms in total. The van der Waals surface area contributed by atoms with Crippen LogP contribution in [-0.2, 0) is 4.79 Å². The van der Waals surface area contributed by atoms with Crippen LogP contribution in [0.4, 0.5) is 0 Å². The largest absolute Gasteiger partial charge is 0.300 e. The average Bonchev–Trinajstić information content (AvgIpc) is 2.07. The van der Waals surface area contributed by atoms with Gasteiger partial charge < -0.3 is 0 Å². The van der Waals surface area contributed by atoms with Gasteiger partial charge in [0.1, 0.15) is 5.78 Å². The van der Waals surface area contributed by atoms with Crippen LogP contribution >= 0.6 is 0 Å². The predicted molar refractivity (Wildman–Crippen MR) is 50.9 cm³/mol. The lowest BCUT2D eigenvalue weighted by atomic mass is 9.77. The zero-order valence-electron chi connectivity index (χ0n) is 7.88. The fourth-order valence-corrected chi connectivity index (χ4v) is 1.94. The quantitative estimate of drug-likeness (QED) is 0.589. The van der Waals surface area contributed by atoms with E-state index in [1.807, 2.05) is 6.08 Å². The van der Waals surface area contributed by atoms with Gasteiger partial charge in [0, 0.05) is 12.8 Å². The average molecular weight is 166 g/mol. The number of hydrogen-bond donors (Lipinski definition) is 0. The molecule has 1 saturated carbocycles. The Kier molecular flexibility index (Phi) is 3.51. The Balaban J connectivity index is 2.37. The first-order chi connectivity index (χ1) is 5.74. The molecule has 68 valence electrons. The van der Waals surface area contributed by atoms with Crippen molar-refractivity contribution in [3.8, 4) is 0 Å². The van der Waals surface area contributed by atoms with Crippen molar-refractivity contribution in [2.75, 3.05) is 0 Å². The maximum Gasteiger partial charge on any atom is 0.133 e. The van der Waals surface area contributed by atoms with Gasteiger partial charge in [-0.05, 0) is 31.1 Å². The van der Waals surface area contributed by atoms with Crippen LogP contribution in [-0.4, -0.2) is 5.78 Å². The van der Waals surface area contributed by atoms with Crippen LogP contribution in [0.25, 0.3) is 0 Å². The summed E-state index contributed by atoms with van der Waals surface area (Å²) in [6, 6.07) is 0. The van der Waals surface area contributed by atoms with E-state index in [2.05, 4.69) is 13.5 Å². The molecule has 12 heavy (non-hydrogen) atoms. The highest BCUT2D eigenvalue weighted by Gasteiger charge is 2.24. The van der Waals surface area contributed by atoms with E-state index in [1.165, 1.54) is 0 Å². The van der Waals surface area contributed by atoms with E-state index < -0.39 is 0 Å². The van der Waals surface area contributed by atoms with Crippen molar-refractivity contribution >= 4 is 5.78 Å². The molecule has 0 saturated heterocycles. The van der Waals surface area contributed by atoms with Crippen LogP contribution in [0.2, 0.25) is 0 Å². The molecular formula is C11H18O. The van der Waals surface area contributed by atoms with Gasteiger partial charge in [0.05, 0.1) is 0 Å². The van der Waals surface area contributed by atoms with Crippen LogP contribution in [0, 0.1) is 11.8 Å². The summed E-state index contributed by atoms with van der Waals surface area (Å²) in [7, 11) is 0. The Morgan fingerprint density at radius 3 is 3.08 bits per heavy atom. The van der Waals surface area contributed by atoms with Crippen molar-refractivity contribution in [1.29, 1.82) is 0 Å². The smallest absolute Gasteiger partial charge is 0.133 e. The van der Waals surface area contributed by atoms with E-state index in [-0.39, 0.29) is 0 Å². The third-order valence-corrected chi connectivity index (χ3v) is 2.91. The first kappa shape index (κ1) is 9.50. The third kappa shape index (κ3) is 2.47. The molecule has 0 radical (unpaired) electrons. The number of carbonyl (C=O) groups is 1. The number of Topliss-reactive ketones (excluding diaryl/α,β-unsaturated/α-hetero) is 1. The first-order valence-corrected chi connectivity index (χ1v) is 4.86. The Morgan fingerprint density at radius 1 is 1.67 bits per heavy atom. The van der Waals surface area contributed by atoms with Crippen LogP contribution < -0.4 is 0 Å². The lowest BCUT2D eigenvalue weighted by Crippen LogP contribution is -2.22. The minimum absolute atomic E-state index is 0.460. The standard InChI is InChI=1S/C11H18O/c1-3-4-5-10-8-11(12)7-6-9(10)2/h3,9-10H,1,4-8H2,2H3. The molecule has 2 atom stereocenters. The van der Waals surface area contributed by atoms with E-state index in [9.17, 15) is 4.79 Å². The predicted octanol–water partition coefficient (Wildman–Crippen LogP) is 2.96. The molecule has 1 aliphatic rings. The summed E-state index contributed by atoms with van der Waals surface area (Å²) < 4.78 is 0. The molecular weight excluding hydrogens is 148 g/mol. The van der Waals surface area contributed by atoms with E-state index in [1.54, 1.807) is 0 Å². The second-order valence-corrected chi connectivity index (χ2v) is 3.88. The highest BCUT2D eigenvalue weighted by Crippen LogP contribution is 2.30. The van der Waals surface area contributed by atoms with Gasteiger partial charge >= 0.3 is 0 Å². The zero-order chi connectivity index (χ0) is 8.97. The molecule has 0 amide bonds. The monoisotopic (exact) mass is 166 g/mol. The lowest BCUT2D eigenvalue weighted by molar-refractivity contribution is -0.122. The van der Waals surface area contributed by atoms with Crippen molar-refractivity contribution < 1.29 is 4.79 Å². The number of allylic oxidation sites excluding steroid dienone is 1. The highest BCUT2D eigenvalue weighted by atomic mass is 16.1. The molecule has 0 aromatic carbocycles. The van der Waals surface area contributed by atoms with Crippen LogP contribution in [0.3, 0.4) is 0 Å². The summed E-state index contributed by atoms with van der Waals surface area (Å²) in [5.41, 5.74) is 0.